The molecular weight excluding hydrogens is 216 g/mol. The summed E-state index contributed by atoms with van der Waals surface area (Å²) < 4.78 is 0. The summed E-state index contributed by atoms with van der Waals surface area (Å²) in [5.74, 6) is -0.261. The fourth-order valence-corrected chi connectivity index (χ4v) is 1.45. The Balaban J connectivity index is 2.91. The van der Waals surface area contributed by atoms with Gasteiger partial charge in [-0.15, -0.1) is 6.58 Å². The SMILES string of the molecule is C=CCNCc1ccccc1C(=O)C(C)=NO. The van der Waals surface area contributed by atoms with Gasteiger partial charge in [0.15, 0.2) is 0 Å². The molecule has 0 fully saturated rings. The van der Waals surface area contributed by atoms with Gasteiger partial charge in [0.1, 0.15) is 5.71 Å². The van der Waals surface area contributed by atoms with E-state index in [0.717, 1.165) is 5.56 Å². The highest BCUT2D eigenvalue weighted by molar-refractivity contribution is 6.45. The molecule has 1 aromatic rings. The zero-order valence-corrected chi connectivity index (χ0v) is 9.81. The lowest BCUT2D eigenvalue weighted by Gasteiger charge is -2.08. The predicted molar refractivity (Wildman–Crippen MR) is 67.6 cm³/mol. The molecule has 0 radical (unpaired) electrons. The fourth-order valence-electron chi connectivity index (χ4n) is 1.45. The highest BCUT2D eigenvalue weighted by Crippen LogP contribution is 2.10. The molecule has 4 nitrogen and oxygen atoms in total. The molecule has 0 heterocycles. The van der Waals surface area contributed by atoms with Crippen molar-refractivity contribution >= 4 is 11.5 Å². The Bertz CT molecular complexity index is 439. The first kappa shape index (κ1) is 13.1. The van der Waals surface area contributed by atoms with E-state index in [-0.39, 0.29) is 11.5 Å². The third-order valence-electron chi connectivity index (χ3n) is 2.34. The van der Waals surface area contributed by atoms with E-state index in [4.69, 9.17) is 5.21 Å². The van der Waals surface area contributed by atoms with Crippen LogP contribution in [0, 0.1) is 0 Å². The van der Waals surface area contributed by atoms with Crippen molar-refractivity contribution in [2.75, 3.05) is 6.54 Å². The summed E-state index contributed by atoms with van der Waals surface area (Å²) in [6.45, 7) is 6.34. The summed E-state index contributed by atoms with van der Waals surface area (Å²) in [6.07, 6.45) is 1.75. The Morgan fingerprint density at radius 3 is 2.88 bits per heavy atom. The molecule has 0 saturated carbocycles. The Hall–Kier alpha value is -1.94. The van der Waals surface area contributed by atoms with Gasteiger partial charge < -0.3 is 10.5 Å². The van der Waals surface area contributed by atoms with Crippen molar-refractivity contribution in [3.8, 4) is 0 Å². The molecule has 1 aromatic carbocycles. The normalized spacial score (nSPS) is 11.2. The third-order valence-corrected chi connectivity index (χ3v) is 2.34. The van der Waals surface area contributed by atoms with E-state index >= 15 is 0 Å². The molecule has 0 saturated heterocycles. The Labute approximate surface area is 101 Å². The van der Waals surface area contributed by atoms with Crippen LogP contribution in [-0.4, -0.2) is 23.2 Å². The Kier molecular flexibility index (Phi) is 5.10. The van der Waals surface area contributed by atoms with Crippen LogP contribution in [0.15, 0.2) is 42.1 Å². The summed E-state index contributed by atoms with van der Waals surface area (Å²) >= 11 is 0. The van der Waals surface area contributed by atoms with Crippen molar-refractivity contribution in [3.63, 3.8) is 0 Å². The summed E-state index contributed by atoms with van der Waals surface area (Å²) in [7, 11) is 0. The number of nitrogens with zero attached hydrogens (tertiary/aromatic N) is 1. The molecule has 0 atom stereocenters. The first-order valence-electron chi connectivity index (χ1n) is 5.33. The molecule has 90 valence electrons. The molecule has 0 aliphatic heterocycles. The quantitative estimate of drug-likeness (QED) is 0.197. The Morgan fingerprint density at radius 1 is 1.53 bits per heavy atom. The molecular formula is C13H16N2O2. The van der Waals surface area contributed by atoms with Gasteiger partial charge in [0.2, 0.25) is 5.78 Å². The van der Waals surface area contributed by atoms with Crippen LogP contribution in [0.25, 0.3) is 0 Å². The number of nitrogens with one attached hydrogen (secondary N) is 1. The van der Waals surface area contributed by atoms with E-state index < -0.39 is 0 Å². The summed E-state index contributed by atoms with van der Waals surface area (Å²) in [5.41, 5.74) is 1.52. The number of hydrogen-bond acceptors (Lipinski definition) is 4. The number of hydrogen-bond donors (Lipinski definition) is 2. The van der Waals surface area contributed by atoms with Crippen LogP contribution >= 0.6 is 0 Å². The average Bonchev–Trinajstić information content (AvgIpc) is 2.38. The second-order valence-electron chi connectivity index (χ2n) is 3.59. The van der Waals surface area contributed by atoms with Gasteiger partial charge in [0, 0.05) is 18.7 Å². The number of carbonyl (C=O) groups excluding carboxylic acids is 1. The average molecular weight is 232 g/mol. The second-order valence-corrected chi connectivity index (χ2v) is 3.59. The molecule has 2 N–H and O–H groups in total. The summed E-state index contributed by atoms with van der Waals surface area (Å²) in [6, 6.07) is 7.25. The van der Waals surface area contributed by atoms with Crippen LogP contribution in [0.1, 0.15) is 22.8 Å². The molecule has 0 amide bonds. The van der Waals surface area contributed by atoms with Crippen molar-refractivity contribution in [3.05, 3.63) is 48.0 Å². The van der Waals surface area contributed by atoms with Gasteiger partial charge in [-0.2, -0.15) is 0 Å². The number of carbonyl (C=O) groups is 1. The first-order valence-corrected chi connectivity index (χ1v) is 5.33. The molecule has 0 aromatic heterocycles. The van der Waals surface area contributed by atoms with Crippen molar-refractivity contribution in [1.29, 1.82) is 0 Å². The molecule has 4 heteroatoms. The van der Waals surface area contributed by atoms with Gasteiger partial charge in [-0.25, -0.2) is 0 Å². The van der Waals surface area contributed by atoms with Crippen LogP contribution in [0.3, 0.4) is 0 Å². The zero-order valence-electron chi connectivity index (χ0n) is 9.81. The maximum Gasteiger partial charge on any atom is 0.210 e. The molecule has 0 unspecified atom stereocenters. The second kappa shape index (κ2) is 6.60. The van der Waals surface area contributed by atoms with E-state index in [0.29, 0.717) is 18.7 Å². The smallest absolute Gasteiger partial charge is 0.210 e. The van der Waals surface area contributed by atoms with Gasteiger partial charge in [-0.05, 0) is 12.5 Å². The van der Waals surface area contributed by atoms with Crippen molar-refractivity contribution in [1.82, 2.24) is 5.32 Å². The molecule has 0 bridgehead atoms. The first-order chi connectivity index (χ1) is 8.20. The minimum Gasteiger partial charge on any atom is -0.411 e. The van der Waals surface area contributed by atoms with E-state index in [9.17, 15) is 4.79 Å². The number of ketones is 1. The van der Waals surface area contributed by atoms with E-state index in [1.54, 1.807) is 18.2 Å². The topological polar surface area (TPSA) is 61.7 Å². The van der Waals surface area contributed by atoms with E-state index in [1.807, 2.05) is 12.1 Å². The molecule has 1 rings (SSSR count). The molecule has 0 aliphatic rings. The van der Waals surface area contributed by atoms with Crippen LogP contribution < -0.4 is 5.32 Å². The fraction of sp³-hybridized carbons (Fsp3) is 0.231. The van der Waals surface area contributed by atoms with Gasteiger partial charge in [0.05, 0.1) is 0 Å². The largest absolute Gasteiger partial charge is 0.411 e. The maximum absolute atomic E-state index is 11.9. The zero-order chi connectivity index (χ0) is 12.7. The van der Waals surface area contributed by atoms with Crippen LogP contribution in [0.2, 0.25) is 0 Å². The highest BCUT2D eigenvalue weighted by atomic mass is 16.4. The predicted octanol–water partition coefficient (Wildman–Crippen LogP) is 2.00. The van der Waals surface area contributed by atoms with Gasteiger partial charge in [-0.3, -0.25) is 4.79 Å². The van der Waals surface area contributed by atoms with Gasteiger partial charge in [-0.1, -0.05) is 35.5 Å². The number of Topliss-reactive ketones (excluding diaryl/α,β-unsaturated/α-hetero) is 1. The minimum absolute atomic E-state index is 0.0844. The van der Waals surface area contributed by atoms with Gasteiger partial charge in [0.25, 0.3) is 0 Å². The number of benzene rings is 1. The van der Waals surface area contributed by atoms with Gasteiger partial charge >= 0.3 is 0 Å². The van der Waals surface area contributed by atoms with Crippen molar-refractivity contribution in [2.45, 2.75) is 13.5 Å². The molecule has 17 heavy (non-hydrogen) atoms. The lowest BCUT2D eigenvalue weighted by Crippen LogP contribution is -2.18. The number of oxime groups is 1. The van der Waals surface area contributed by atoms with Crippen molar-refractivity contribution < 1.29 is 10.0 Å². The monoisotopic (exact) mass is 232 g/mol. The Morgan fingerprint density at radius 2 is 2.24 bits per heavy atom. The van der Waals surface area contributed by atoms with Crippen molar-refractivity contribution in [2.24, 2.45) is 5.16 Å². The lowest BCUT2D eigenvalue weighted by atomic mass is 10.0. The van der Waals surface area contributed by atoms with Crippen LogP contribution in [0.5, 0.6) is 0 Å². The van der Waals surface area contributed by atoms with E-state index in [2.05, 4.69) is 17.1 Å². The highest BCUT2D eigenvalue weighted by Gasteiger charge is 2.13. The standard InChI is InChI=1S/C13H16N2O2/c1-3-8-14-9-11-6-4-5-7-12(11)13(16)10(2)15-17/h3-7,14,17H,1,8-9H2,2H3. The summed E-state index contributed by atoms with van der Waals surface area (Å²) in [4.78, 5) is 11.9. The molecule has 0 aliphatic carbocycles. The lowest BCUT2D eigenvalue weighted by molar-refractivity contribution is 0.106. The van der Waals surface area contributed by atoms with Crippen LogP contribution in [-0.2, 0) is 6.54 Å². The van der Waals surface area contributed by atoms with E-state index in [1.165, 1.54) is 6.92 Å². The third kappa shape index (κ3) is 3.53. The maximum atomic E-state index is 11.9. The number of rotatable bonds is 6. The minimum atomic E-state index is -0.261. The summed E-state index contributed by atoms with van der Waals surface area (Å²) in [5, 5.41) is 14.7. The van der Waals surface area contributed by atoms with Crippen LogP contribution in [0.4, 0.5) is 0 Å². The molecule has 0 spiro atoms.